The maximum Gasteiger partial charge on any atom is 0.123 e. The highest BCUT2D eigenvalue weighted by molar-refractivity contribution is 7.99. The molecule has 0 unspecified atom stereocenters. The van der Waals surface area contributed by atoms with Gasteiger partial charge >= 0.3 is 0 Å². The molecule has 0 radical (unpaired) electrons. The number of benzene rings is 2. The molecule has 2 aromatic carbocycles. The Kier molecular flexibility index (Phi) is 6.12. The van der Waals surface area contributed by atoms with Crippen molar-refractivity contribution in [3.63, 3.8) is 0 Å². The molecule has 0 aliphatic carbocycles. The van der Waals surface area contributed by atoms with Gasteiger partial charge in [0, 0.05) is 22.6 Å². The van der Waals surface area contributed by atoms with Gasteiger partial charge in [-0.1, -0.05) is 41.9 Å². The van der Waals surface area contributed by atoms with E-state index in [4.69, 9.17) is 11.6 Å². The molecule has 0 amide bonds. The van der Waals surface area contributed by atoms with Gasteiger partial charge in [-0.15, -0.1) is 23.5 Å². The monoisotopic (exact) mass is 376 g/mol. The molecule has 1 aromatic heterocycles. The first kappa shape index (κ1) is 17.3. The number of aromatic nitrogens is 2. The molecule has 122 valence electrons. The second-order valence-electron chi connectivity index (χ2n) is 4.99. The Balaban J connectivity index is 1.60. The number of rotatable bonds is 6. The van der Waals surface area contributed by atoms with E-state index in [0.29, 0.717) is 5.75 Å². The van der Waals surface area contributed by atoms with Crippen LogP contribution in [0.25, 0.3) is 0 Å². The molecular formula is C18H14ClFN2S2. The third-order valence-electron chi connectivity index (χ3n) is 3.23. The van der Waals surface area contributed by atoms with E-state index < -0.39 is 0 Å². The SMILES string of the molecule is Fc1cccc(CSc2cc(SCc3ccccc3Cl)ncn2)c1. The Morgan fingerprint density at radius 1 is 0.875 bits per heavy atom. The summed E-state index contributed by atoms with van der Waals surface area (Å²) < 4.78 is 13.2. The standard InChI is InChI=1S/C18H14ClFN2S2/c19-16-7-2-1-5-14(16)11-24-18-9-17(21-12-22-18)23-10-13-4-3-6-15(20)8-13/h1-9,12H,10-11H2. The van der Waals surface area contributed by atoms with E-state index in [9.17, 15) is 4.39 Å². The summed E-state index contributed by atoms with van der Waals surface area (Å²) in [6, 6.07) is 16.4. The molecule has 0 saturated heterocycles. The second-order valence-corrected chi connectivity index (χ2v) is 7.39. The highest BCUT2D eigenvalue weighted by atomic mass is 35.5. The molecule has 0 spiro atoms. The summed E-state index contributed by atoms with van der Waals surface area (Å²) >= 11 is 9.35. The summed E-state index contributed by atoms with van der Waals surface area (Å²) in [5.41, 5.74) is 2.01. The maximum absolute atomic E-state index is 13.2. The largest absolute Gasteiger partial charge is 0.230 e. The molecule has 3 aromatic rings. The maximum atomic E-state index is 13.2. The van der Waals surface area contributed by atoms with Gasteiger partial charge in [-0.3, -0.25) is 0 Å². The van der Waals surface area contributed by atoms with Crippen LogP contribution in [0.1, 0.15) is 11.1 Å². The number of halogens is 2. The summed E-state index contributed by atoms with van der Waals surface area (Å²) in [5, 5.41) is 2.53. The van der Waals surface area contributed by atoms with Crippen molar-refractivity contribution in [2.24, 2.45) is 0 Å². The van der Waals surface area contributed by atoms with E-state index in [0.717, 1.165) is 32.0 Å². The molecule has 1 heterocycles. The average molecular weight is 377 g/mol. The topological polar surface area (TPSA) is 25.8 Å². The molecule has 0 N–H and O–H groups in total. The van der Waals surface area contributed by atoms with Crippen LogP contribution in [0.3, 0.4) is 0 Å². The highest BCUT2D eigenvalue weighted by Gasteiger charge is 2.05. The third-order valence-corrected chi connectivity index (χ3v) is 5.57. The van der Waals surface area contributed by atoms with Gasteiger partial charge in [0.25, 0.3) is 0 Å². The van der Waals surface area contributed by atoms with E-state index in [2.05, 4.69) is 9.97 Å². The molecule has 0 fully saturated rings. The number of nitrogens with zero attached hydrogens (tertiary/aromatic N) is 2. The van der Waals surface area contributed by atoms with Crippen LogP contribution in [0, 0.1) is 5.82 Å². The molecule has 0 atom stereocenters. The first-order valence-corrected chi connectivity index (χ1v) is 9.61. The zero-order chi connectivity index (χ0) is 16.8. The first-order valence-electron chi connectivity index (χ1n) is 7.26. The van der Waals surface area contributed by atoms with Crippen LogP contribution in [0.4, 0.5) is 4.39 Å². The summed E-state index contributed by atoms with van der Waals surface area (Å²) in [6.45, 7) is 0. The van der Waals surface area contributed by atoms with Crippen molar-refractivity contribution >= 4 is 35.1 Å². The van der Waals surface area contributed by atoms with Crippen molar-refractivity contribution in [1.29, 1.82) is 0 Å². The summed E-state index contributed by atoms with van der Waals surface area (Å²) in [5.74, 6) is 1.21. The minimum Gasteiger partial charge on any atom is -0.230 e. The van der Waals surface area contributed by atoms with Gasteiger partial charge in [-0.05, 0) is 29.3 Å². The Bertz CT molecular complexity index is 829. The summed E-state index contributed by atoms with van der Waals surface area (Å²) in [6.07, 6.45) is 1.56. The average Bonchev–Trinajstić information content (AvgIpc) is 2.60. The van der Waals surface area contributed by atoms with E-state index >= 15 is 0 Å². The van der Waals surface area contributed by atoms with Gasteiger partial charge < -0.3 is 0 Å². The lowest BCUT2D eigenvalue weighted by Gasteiger charge is -2.05. The zero-order valence-electron chi connectivity index (χ0n) is 12.7. The zero-order valence-corrected chi connectivity index (χ0v) is 15.0. The highest BCUT2D eigenvalue weighted by Crippen LogP contribution is 2.28. The predicted octanol–water partition coefficient (Wildman–Crippen LogP) is 5.85. The van der Waals surface area contributed by atoms with Gasteiger partial charge in [0.05, 0.1) is 0 Å². The smallest absolute Gasteiger partial charge is 0.123 e. The molecule has 2 nitrogen and oxygen atoms in total. The number of hydrogen-bond acceptors (Lipinski definition) is 4. The molecular weight excluding hydrogens is 363 g/mol. The fourth-order valence-electron chi connectivity index (χ4n) is 2.03. The second kappa shape index (κ2) is 8.51. The van der Waals surface area contributed by atoms with Crippen molar-refractivity contribution < 1.29 is 4.39 Å². The molecule has 24 heavy (non-hydrogen) atoms. The fraction of sp³-hybridized carbons (Fsp3) is 0.111. The minimum atomic E-state index is -0.216. The van der Waals surface area contributed by atoms with Crippen LogP contribution in [-0.4, -0.2) is 9.97 Å². The van der Waals surface area contributed by atoms with Crippen LogP contribution >= 0.6 is 35.1 Å². The lowest BCUT2D eigenvalue weighted by atomic mass is 10.2. The van der Waals surface area contributed by atoms with Crippen molar-refractivity contribution in [3.8, 4) is 0 Å². The van der Waals surface area contributed by atoms with E-state index in [-0.39, 0.29) is 5.82 Å². The molecule has 0 aliphatic heterocycles. The fourth-order valence-corrected chi connectivity index (χ4v) is 4.07. The van der Waals surface area contributed by atoms with E-state index in [1.807, 2.05) is 36.4 Å². The van der Waals surface area contributed by atoms with Gasteiger partial charge in [-0.2, -0.15) is 0 Å². The molecule has 3 rings (SSSR count). The molecule has 0 bridgehead atoms. The van der Waals surface area contributed by atoms with Gasteiger partial charge in [-0.25, -0.2) is 14.4 Å². The third kappa shape index (κ3) is 4.97. The molecule has 0 aliphatic rings. The van der Waals surface area contributed by atoms with E-state index in [1.165, 1.54) is 6.07 Å². The van der Waals surface area contributed by atoms with Crippen molar-refractivity contribution in [1.82, 2.24) is 9.97 Å². The van der Waals surface area contributed by atoms with Crippen molar-refractivity contribution in [2.75, 3.05) is 0 Å². The van der Waals surface area contributed by atoms with Crippen molar-refractivity contribution in [2.45, 2.75) is 21.6 Å². The first-order chi connectivity index (χ1) is 11.7. The van der Waals surface area contributed by atoms with Crippen LogP contribution in [0.5, 0.6) is 0 Å². The quantitative estimate of drug-likeness (QED) is 0.398. The van der Waals surface area contributed by atoms with Gasteiger partial charge in [0.1, 0.15) is 22.2 Å². The number of hydrogen-bond donors (Lipinski definition) is 0. The Morgan fingerprint density at radius 2 is 1.62 bits per heavy atom. The predicted molar refractivity (Wildman–Crippen MR) is 99.0 cm³/mol. The van der Waals surface area contributed by atoms with Crippen LogP contribution in [0.15, 0.2) is 71.0 Å². The Morgan fingerprint density at radius 3 is 2.38 bits per heavy atom. The van der Waals surface area contributed by atoms with Crippen molar-refractivity contribution in [3.05, 3.63) is 82.9 Å². The Labute approximate surface area is 153 Å². The number of thioether (sulfide) groups is 2. The molecule has 0 saturated carbocycles. The van der Waals surface area contributed by atoms with Crippen LogP contribution in [0.2, 0.25) is 5.02 Å². The van der Waals surface area contributed by atoms with Gasteiger partial charge in [0.2, 0.25) is 0 Å². The van der Waals surface area contributed by atoms with Crippen LogP contribution in [-0.2, 0) is 11.5 Å². The summed E-state index contributed by atoms with van der Waals surface area (Å²) in [7, 11) is 0. The summed E-state index contributed by atoms with van der Waals surface area (Å²) in [4.78, 5) is 8.56. The lowest BCUT2D eigenvalue weighted by molar-refractivity contribution is 0.626. The lowest BCUT2D eigenvalue weighted by Crippen LogP contribution is -1.89. The molecule has 6 heteroatoms. The van der Waals surface area contributed by atoms with Gasteiger partial charge in [0.15, 0.2) is 0 Å². The Hall–Kier alpha value is -1.56. The van der Waals surface area contributed by atoms with E-state index in [1.54, 1.807) is 42.0 Å². The minimum absolute atomic E-state index is 0.216. The van der Waals surface area contributed by atoms with Crippen LogP contribution < -0.4 is 0 Å². The normalized spacial score (nSPS) is 10.8.